The zero-order valence-electron chi connectivity index (χ0n) is 14.7. The molecule has 7 nitrogen and oxygen atoms in total. The van der Waals surface area contributed by atoms with Gasteiger partial charge in [-0.2, -0.15) is 0 Å². The molecule has 1 aliphatic heterocycles. The Kier molecular flexibility index (Phi) is 5.39. The van der Waals surface area contributed by atoms with Gasteiger partial charge in [-0.1, -0.05) is 6.07 Å². The lowest BCUT2D eigenvalue weighted by Crippen LogP contribution is -2.33. The Labute approximate surface area is 158 Å². The maximum Gasteiger partial charge on any atom is 0.573 e. The van der Waals surface area contributed by atoms with Gasteiger partial charge in [0, 0.05) is 24.4 Å². The molecule has 1 aromatic carbocycles. The van der Waals surface area contributed by atoms with Crippen molar-refractivity contribution in [2.75, 3.05) is 23.9 Å². The topological polar surface area (TPSA) is 80.8 Å². The largest absolute Gasteiger partial charge is 0.573 e. The molecule has 1 fully saturated rings. The fraction of sp³-hybridized carbons (Fsp3) is 0.278. The Bertz CT molecular complexity index is 871. The number of nitrogens with zero attached hydrogens (tertiary/aromatic N) is 2. The van der Waals surface area contributed by atoms with Crippen LogP contribution in [0.25, 0.3) is 0 Å². The van der Waals surface area contributed by atoms with Crippen molar-refractivity contribution in [2.24, 2.45) is 5.92 Å². The summed E-state index contributed by atoms with van der Waals surface area (Å²) in [5, 5.41) is 2.60. The first-order chi connectivity index (χ1) is 13.3. The van der Waals surface area contributed by atoms with E-state index in [1.54, 1.807) is 12.1 Å². The second-order valence-electron chi connectivity index (χ2n) is 5.95. The summed E-state index contributed by atoms with van der Waals surface area (Å²) in [7, 11) is 1.46. The van der Waals surface area contributed by atoms with E-state index in [2.05, 4.69) is 15.0 Å². The Morgan fingerprint density at radius 3 is 2.71 bits per heavy atom. The molecule has 0 radical (unpaired) electrons. The third-order valence-corrected chi connectivity index (χ3v) is 4.10. The lowest BCUT2D eigenvalue weighted by molar-refractivity contribution is -0.274. The van der Waals surface area contributed by atoms with Gasteiger partial charge in [0.1, 0.15) is 11.7 Å². The van der Waals surface area contributed by atoms with Crippen LogP contribution in [0.4, 0.5) is 24.5 Å². The van der Waals surface area contributed by atoms with Crippen molar-refractivity contribution in [3.8, 4) is 11.6 Å². The van der Waals surface area contributed by atoms with Gasteiger partial charge in [0.05, 0.1) is 19.0 Å². The van der Waals surface area contributed by atoms with E-state index in [1.165, 1.54) is 30.3 Å². The van der Waals surface area contributed by atoms with Crippen LogP contribution >= 0.6 is 0 Å². The molecule has 0 saturated carbocycles. The van der Waals surface area contributed by atoms with E-state index in [1.807, 2.05) is 0 Å². The molecule has 1 aliphatic rings. The molecule has 10 heteroatoms. The first kappa shape index (κ1) is 19.5. The van der Waals surface area contributed by atoms with E-state index < -0.39 is 29.8 Å². The number of pyridine rings is 1. The number of hydrogen-bond donors (Lipinski definition) is 1. The van der Waals surface area contributed by atoms with E-state index >= 15 is 0 Å². The lowest BCUT2D eigenvalue weighted by Gasteiger charge is -2.18. The number of aromatic nitrogens is 1. The van der Waals surface area contributed by atoms with Crippen molar-refractivity contribution in [2.45, 2.75) is 12.8 Å². The van der Waals surface area contributed by atoms with E-state index in [4.69, 9.17) is 4.74 Å². The molecule has 0 aliphatic carbocycles. The summed E-state index contributed by atoms with van der Waals surface area (Å²) in [6.45, 7) is 0.202. The zero-order chi connectivity index (χ0) is 20.3. The Morgan fingerprint density at radius 1 is 1.29 bits per heavy atom. The van der Waals surface area contributed by atoms with Gasteiger partial charge >= 0.3 is 6.36 Å². The van der Waals surface area contributed by atoms with Gasteiger partial charge < -0.3 is 19.7 Å². The molecule has 2 heterocycles. The molecule has 2 aromatic rings. The van der Waals surface area contributed by atoms with E-state index in [0.717, 1.165) is 12.1 Å². The van der Waals surface area contributed by atoms with Gasteiger partial charge in [-0.3, -0.25) is 9.59 Å². The molecular weight excluding hydrogens is 379 g/mol. The molecule has 0 spiro atoms. The summed E-state index contributed by atoms with van der Waals surface area (Å²) < 4.78 is 45.9. The normalized spacial score (nSPS) is 16.8. The standard InChI is InChI=1S/C18H16F3N3O4/c1-27-15-6-5-11(10-22-15)23-16(25)14-7-8-24(17(14)26)12-3-2-4-13(9-12)28-18(19,20)21/h2-6,9-10,14H,7-8H2,1H3,(H,23,25). The fourth-order valence-corrected chi connectivity index (χ4v) is 2.83. The Balaban J connectivity index is 1.68. The second kappa shape index (κ2) is 7.75. The monoisotopic (exact) mass is 395 g/mol. The maximum atomic E-state index is 12.6. The molecule has 2 amide bonds. The number of carbonyl (C=O) groups excluding carboxylic acids is 2. The van der Waals surface area contributed by atoms with Gasteiger partial charge in [-0.05, 0) is 24.6 Å². The summed E-state index contributed by atoms with van der Waals surface area (Å²) >= 11 is 0. The number of rotatable bonds is 5. The van der Waals surface area contributed by atoms with Gasteiger partial charge in [0.15, 0.2) is 0 Å². The van der Waals surface area contributed by atoms with E-state index in [0.29, 0.717) is 11.6 Å². The van der Waals surface area contributed by atoms with Crippen molar-refractivity contribution in [3.63, 3.8) is 0 Å². The Morgan fingerprint density at radius 2 is 2.07 bits per heavy atom. The van der Waals surface area contributed by atoms with Crippen LogP contribution in [0.15, 0.2) is 42.6 Å². The van der Waals surface area contributed by atoms with Crippen LogP contribution in [0, 0.1) is 5.92 Å². The van der Waals surface area contributed by atoms with Crippen LogP contribution in [0.1, 0.15) is 6.42 Å². The molecule has 1 aromatic heterocycles. The Hall–Kier alpha value is -3.30. The molecule has 3 rings (SSSR count). The van der Waals surface area contributed by atoms with Gasteiger partial charge in [-0.15, -0.1) is 13.2 Å². The van der Waals surface area contributed by atoms with Crippen LogP contribution in [-0.2, 0) is 9.59 Å². The lowest BCUT2D eigenvalue weighted by atomic mass is 10.1. The highest BCUT2D eigenvalue weighted by atomic mass is 19.4. The van der Waals surface area contributed by atoms with Crippen molar-refractivity contribution in [1.29, 1.82) is 0 Å². The van der Waals surface area contributed by atoms with Crippen LogP contribution in [0.5, 0.6) is 11.6 Å². The van der Waals surface area contributed by atoms with Crippen molar-refractivity contribution in [3.05, 3.63) is 42.6 Å². The van der Waals surface area contributed by atoms with Crippen molar-refractivity contribution in [1.82, 2.24) is 4.98 Å². The smallest absolute Gasteiger partial charge is 0.481 e. The molecule has 1 N–H and O–H groups in total. The fourth-order valence-electron chi connectivity index (χ4n) is 2.83. The van der Waals surface area contributed by atoms with E-state index in [-0.39, 0.29) is 18.7 Å². The van der Waals surface area contributed by atoms with Gasteiger partial charge in [-0.25, -0.2) is 4.98 Å². The van der Waals surface area contributed by atoms with Gasteiger partial charge in [0.25, 0.3) is 0 Å². The zero-order valence-corrected chi connectivity index (χ0v) is 14.7. The minimum atomic E-state index is -4.83. The first-order valence-electron chi connectivity index (χ1n) is 8.25. The number of nitrogens with one attached hydrogen (secondary N) is 1. The highest BCUT2D eigenvalue weighted by molar-refractivity contribution is 6.13. The molecular formula is C18H16F3N3O4. The average molecular weight is 395 g/mol. The molecule has 148 valence electrons. The summed E-state index contributed by atoms with van der Waals surface area (Å²) in [6, 6.07) is 8.22. The number of halogens is 3. The summed E-state index contributed by atoms with van der Waals surface area (Å²) in [5.41, 5.74) is 0.630. The number of benzene rings is 1. The van der Waals surface area contributed by atoms with Crippen LogP contribution < -0.4 is 19.7 Å². The number of hydrogen-bond acceptors (Lipinski definition) is 5. The predicted octanol–water partition coefficient (Wildman–Crippen LogP) is 2.98. The number of carbonyl (C=O) groups is 2. The quantitative estimate of drug-likeness (QED) is 0.788. The highest BCUT2D eigenvalue weighted by Gasteiger charge is 2.38. The minimum Gasteiger partial charge on any atom is -0.481 e. The molecule has 28 heavy (non-hydrogen) atoms. The third-order valence-electron chi connectivity index (χ3n) is 4.10. The second-order valence-corrected chi connectivity index (χ2v) is 5.95. The predicted molar refractivity (Wildman–Crippen MR) is 93.0 cm³/mol. The van der Waals surface area contributed by atoms with Crippen LogP contribution in [0.2, 0.25) is 0 Å². The third kappa shape index (κ3) is 4.51. The summed E-state index contributed by atoms with van der Waals surface area (Å²) in [4.78, 5) is 30.2. The maximum absolute atomic E-state index is 12.6. The average Bonchev–Trinajstić information content (AvgIpc) is 3.03. The van der Waals surface area contributed by atoms with Crippen LogP contribution in [0.3, 0.4) is 0 Å². The van der Waals surface area contributed by atoms with Crippen LogP contribution in [-0.4, -0.2) is 36.8 Å². The molecule has 0 bridgehead atoms. The molecule has 1 saturated heterocycles. The van der Waals surface area contributed by atoms with Gasteiger partial charge in [0.2, 0.25) is 17.7 Å². The number of alkyl halides is 3. The SMILES string of the molecule is COc1ccc(NC(=O)C2CCN(c3cccc(OC(F)(F)F)c3)C2=O)cn1. The van der Waals surface area contributed by atoms with Crippen molar-refractivity contribution < 1.29 is 32.2 Å². The number of ether oxygens (including phenoxy) is 2. The summed E-state index contributed by atoms with van der Waals surface area (Å²) in [6.07, 6.45) is -3.20. The number of methoxy groups -OCH3 is 1. The summed E-state index contributed by atoms with van der Waals surface area (Å²) in [5.74, 6) is -2.02. The minimum absolute atomic E-state index is 0.202. The highest BCUT2D eigenvalue weighted by Crippen LogP contribution is 2.31. The van der Waals surface area contributed by atoms with Crippen molar-refractivity contribution >= 4 is 23.2 Å². The molecule has 1 unspecified atom stereocenters. The number of anilines is 2. The molecule has 1 atom stereocenters. The first-order valence-corrected chi connectivity index (χ1v) is 8.25. The van der Waals surface area contributed by atoms with E-state index in [9.17, 15) is 22.8 Å². The number of amides is 2.